The van der Waals surface area contributed by atoms with Crippen molar-refractivity contribution < 1.29 is 4.79 Å². The number of aromatic nitrogens is 3. The third-order valence-electron chi connectivity index (χ3n) is 6.28. The average molecular weight is 454 g/mol. The van der Waals surface area contributed by atoms with Gasteiger partial charge in [-0.1, -0.05) is 30.3 Å². The summed E-state index contributed by atoms with van der Waals surface area (Å²) in [6, 6.07) is 15.9. The molecule has 2 aromatic heterocycles. The maximum atomic E-state index is 10.9. The molecule has 5 rings (SSSR count). The molecule has 0 unspecified atom stereocenters. The van der Waals surface area contributed by atoms with Crippen LogP contribution in [-0.4, -0.2) is 58.0 Å². The lowest BCUT2D eigenvalue weighted by Gasteiger charge is -2.33. The van der Waals surface area contributed by atoms with E-state index in [1.165, 1.54) is 0 Å². The first kappa shape index (κ1) is 21.6. The highest BCUT2D eigenvalue weighted by molar-refractivity contribution is 6.20. The number of nitrogens with zero attached hydrogens (tertiary/aromatic N) is 5. The molecule has 1 saturated heterocycles. The first-order chi connectivity index (χ1) is 16.5. The zero-order chi connectivity index (χ0) is 23.7. The largest absolute Gasteiger partial charge is 0.353 e. The van der Waals surface area contributed by atoms with Crippen LogP contribution >= 0.6 is 0 Å². The molecule has 8 heteroatoms. The number of pyridine rings is 1. The molecule has 8 nitrogen and oxygen atoms in total. The normalized spacial score (nSPS) is 13.8. The lowest BCUT2D eigenvalue weighted by Crippen LogP contribution is -2.45. The van der Waals surface area contributed by atoms with Crippen LogP contribution in [0.2, 0.25) is 0 Å². The van der Waals surface area contributed by atoms with E-state index in [4.69, 9.17) is 5.41 Å². The fourth-order valence-electron chi connectivity index (χ4n) is 4.41. The van der Waals surface area contributed by atoms with Gasteiger partial charge in [0.15, 0.2) is 0 Å². The molecular weight excluding hydrogens is 426 g/mol. The van der Waals surface area contributed by atoms with Crippen molar-refractivity contribution in [2.24, 2.45) is 7.05 Å². The summed E-state index contributed by atoms with van der Waals surface area (Å²) in [4.78, 5) is 19.6. The number of anilines is 3. The van der Waals surface area contributed by atoms with Crippen LogP contribution in [-0.2, 0) is 11.8 Å². The van der Waals surface area contributed by atoms with Crippen LogP contribution in [0.5, 0.6) is 0 Å². The second-order valence-corrected chi connectivity index (χ2v) is 8.57. The molecule has 0 aliphatic carbocycles. The van der Waals surface area contributed by atoms with Crippen LogP contribution in [0.15, 0.2) is 60.9 Å². The van der Waals surface area contributed by atoms with Gasteiger partial charge in [0.1, 0.15) is 5.82 Å². The van der Waals surface area contributed by atoms with Gasteiger partial charge >= 0.3 is 0 Å². The lowest BCUT2D eigenvalue weighted by molar-refractivity contribution is -0.118. The predicted octanol–water partition coefficient (Wildman–Crippen LogP) is 3.71. The zero-order valence-corrected chi connectivity index (χ0v) is 19.3. The molecule has 4 aromatic rings. The Balaban J connectivity index is 1.41. The first-order valence-corrected chi connectivity index (χ1v) is 11.3. The summed E-state index contributed by atoms with van der Waals surface area (Å²) in [5.41, 5.74) is 5.80. The van der Waals surface area contributed by atoms with Crippen molar-refractivity contribution in [2.45, 2.75) is 6.92 Å². The van der Waals surface area contributed by atoms with E-state index in [0.29, 0.717) is 18.8 Å². The standard InChI is InChI=1S/C26H27N7O/c1-18-5-3-7-21(25(27)20-6-4-8-23-22(20)16-31(2)30-23)26(18)29-19-9-10-24(28-15-19)33-13-11-32(17-34)12-14-33/h3-10,15-17,27,29H,11-14H2,1-2H3. The number of fused-ring (bicyclic) bond motifs is 1. The molecule has 0 atom stereocenters. The fraction of sp³-hybridized carbons (Fsp3) is 0.231. The van der Waals surface area contributed by atoms with Crippen molar-refractivity contribution in [2.75, 3.05) is 36.4 Å². The van der Waals surface area contributed by atoms with Gasteiger partial charge in [-0.15, -0.1) is 0 Å². The van der Waals surface area contributed by atoms with Gasteiger partial charge in [0, 0.05) is 55.9 Å². The smallest absolute Gasteiger partial charge is 0.209 e. The molecule has 2 N–H and O–H groups in total. The van der Waals surface area contributed by atoms with Gasteiger partial charge in [0.05, 0.1) is 28.8 Å². The number of carbonyl (C=O) groups excluding carboxylic acids is 1. The Morgan fingerprint density at radius 1 is 1.03 bits per heavy atom. The number of rotatable bonds is 6. The number of para-hydroxylation sites is 1. The number of hydrogen-bond donors (Lipinski definition) is 2. The number of nitrogens with one attached hydrogen (secondary N) is 2. The van der Waals surface area contributed by atoms with Gasteiger partial charge in [-0.05, 0) is 30.7 Å². The monoisotopic (exact) mass is 453 g/mol. The van der Waals surface area contributed by atoms with E-state index in [9.17, 15) is 4.79 Å². The second kappa shape index (κ2) is 8.97. The van der Waals surface area contributed by atoms with E-state index in [1.807, 2.05) is 74.9 Å². The Morgan fingerprint density at radius 3 is 2.53 bits per heavy atom. The highest BCUT2D eigenvalue weighted by Crippen LogP contribution is 2.29. The van der Waals surface area contributed by atoms with E-state index >= 15 is 0 Å². The van der Waals surface area contributed by atoms with Crippen LogP contribution in [0.25, 0.3) is 10.9 Å². The average Bonchev–Trinajstić information content (AvgIpc) is 3.25. The second-order valence-electron chi connectivity index (χ2n) is 8.57. The van der Waals surface area contributed by atoms with Crippen molar-refractivity contribution in [3.63, 3.8) is 0 Å². The van der Waals surface area contributed by atoms with Crippen LogP contribution < -0.4 is 10.2 Å². The molecule has 0 saturated carbocycles. The Kier molecular flexibility index (Phi) is 5.71. The van der Waals surface area contributed by atoms with Crippen molar-refractivity contribution in [1.29, 1.82) is 5.41 Å². The summed E-state index contributed by atoms with van der Waals surface area (Å²) in [5.74, 6) is 0.900. The maximum Gasteiger partial charge on any atom is 0.209 e. The van der Waals surface area contributed by atoms with E-state index in [0.717, 1.165) is 64.3 Å². The molecule has 2 aromatic carbocycles. The van der Waals surface area contributed by atoms with E-state index in [-0.39, 0.29) is 0 Å². The summed E-state index contributed by atoms with van der Waals surface area (Å²) in [7, 11) is 1.89. The van der Waals surface area contributed by atoms with Gasteiger partial charge < -0.3 is 15.1 Å². The highest BCUT2D eigenvalue weighted by atomic mass is 16.1. The molecule has 1 aliphatic heterocycles. The molecule has 3 heterocycles. The molecule has 1 amide bonds. The van der Waals surface area contributed by atoms with Gasteiger partial charge in [0.25, 0.3) is 0 Å². The van der Waals surface area contributed by atoms with Gasteiger partial charge in [-0.25, -0.2) is 4.98 Å². The highest BCUT2D eigenvalue weighted by Gasteiger charge is 2.18. The van der Waals surface area contributed by atoms with Crippen molar-refractivity contribution >= 4 is 40.2 Å². The molecule has 0 bridgehead atoms. The van der Waals surface area contributed by atoms with Crippen molar-refractivity contribution in [3.8, 4) is 0 Å². The van der Waals surface area contributed by atoms with Gasteiger partial charge in [-0.3, -0.25) is 14.9 Å². The third kappa shape index (κ3) is 4.10. The van der Waals surface area contributed by atoms with E-state index < -0.39 is 0 Å². The molecule has 0 radical (unpaired) electrons. The Morgan fingerprint density at radius 2 is 1.79 bits per heavy atom. The summed E-state index contributed by atoms with van der Waals surface area (Å²) < 4.78 is 1.78. The van der Waals surface area contributed by atoms with Gasteiger partial charge in [-0.2, -0.15) is 5.10 Å². The van der Waals surface area contributed by atoms with Crippen molar-refractivity contribution in [3.05, 3.63) is 77.6 Å². The maximum absolute atomic E-state index is 10.9. The molecule has 172 valence electrons. The molecule has 1 fully saturated rings. The number of piperazine rings is 1. The molecule has 1 aliphatic rings. The Hall–Kier alpha value is -4.20. The Bertz CT molecular complexity index is 1350. The van der Waals surface area contributed by atoms with E-state index in [2.05, 4.69) is 20.3 Å². The summed E-state index contributed by atoms with van der Waals surface area (Å²) in [6.07, 6.45) is 4.69. The zero-order valence-electron chi connectivity index (χ0n) is 19.3. The predicted molar refractivity (Wildman–Crippen MR) is 135 cm³/mol. The summed E-state index contributed by atoms with van der Waals surface area (Å²) in [6.45, 7) is 5.01. The number of hydrogen-bond acceptors (Lipinski definition) is 6. The number of benzene rings is 2. The fourth-order valence-corrected chi connectivity index (χ4v) is 4.41. The third-order valence-corrected chi connectivity index (χ3v) is 6.28. The lowest BCUT2D eigenvalue weighted by atomic mass is 9.96. The number of amides is 1. The van der Waals surface area contributed by atoms with Gasteiger partial charge in [0.2, 0.25) is 6.41 Å². The summed E-state index contributed by atoms with van der Waals surface area (Å²) in [5, 5.41) is 18.0. The number of aryl methyl sites for hydroxylation is 2. The number of carbonyl (C=O) groups is 1. The van der Waals surface area contributed by atoms with Crippen LogP contribution in [0, 0.1) is 12.3 Å². The van der Waals surface area contributed by atoms with Crippen molar-refractivity contribution in [1.82, 2.24) is 19.7 Å². The van der Waals surface area contributed by atoms with Crippen LogP contribution in [0.3, 0.4) is 0 Å². The molecule has 34 heavy (non-hydrogen) atoms. The summed E-state index contributed by atoms with van der Waals surface area (Å²) >= 11 is 0. The minimum absolute atomic E-state index is 0.447. The molecule has 0 spiro atoms. The van der Waals surface area contributed by atoms with Crippen LogP contribution in [0.1, 0.15) is 16.7 Å². The Labute approximate surface area is 198 Å². The minimum Gasteiger partial charge on any atom is -0.353 e. The van der Waals surface area contributed by atoms with Crippen LogP contribution in [0.4, 0.5) is 17.2 Å². The SMILES string of the molecule is Cc1cccc(C(=N)c2cccc3nn(C)cc23)c1Nc1ccc(N2CCN(C=O)CC2)nc1. The minimum atomic E-state index is 0.447. The van der Waals surface area contributed by atoms with E-state index in [1.54, 1.807) is 9.58 Å². The molecular formula is C26H27N7O. The topological polar surface area (TPSA) is 90.1 Å². The quantitative estimate of drug-likeness (QED) is 0.343. The first-order valence-electron chi connectivity index (χ1n) is 11.3.